The van der Waals surface area contributed by atoms with Gasteiger partial charge in [-0.15, -0.1) is 0 Å². The zero-order chi connectivity index (χ0) is 15.9. The van der Waals surface area contributed by atoms with Gasteiger partial charge in [-0.25, -0.2) is 4.79 Å². The highest BCUT2D eigenvalue weighted by molar-refractivity contribution is 14.1. The number of methoxy groups -OCH3 is 1. The van der Waals surface area contributed by atoms with Crippen LogP contribution in [0.5, 0.6) is 0 Å². The summed E-state index contributed by atoms with van der Waals surface area (Å²) in [4.78, 5) is 26.4. The van der Waals surface area contributed by atoms with E-state index in [4.69, 9.17) is 9.47 Å². The number of fused-ring (bicyclic) bond motifs is 4. The van der Waals surface area contributed by atoms with Crippen molar-refractivity contribution in [2.24, 2.45) is 11.8 Å². The number of piperidine rings is 1. The summed E-state index contributed by atoms with van der Waals surface area (Å²) in [6.45, 7) is 2.17. The standard InChI is InChI=1S/C16H24INO4/c1-3-4-6-16-7-5-12(18(16)15(20)21-2)10-8-13(19)22-14(10)11(16)9-17/h10-12,14H,3-9H2,1-2H3/t10-,11+,12+,14-,16-/m1/s1. The van der Waals surface area contributed by atoms with Crippen LogP contribution in [0.1, 0.15) is 45.4 Å². The molecular formula is C16H24INO4. The van der Waals surface area contributed by atoms with E-state index in [-0.39, 0.29) is 41.6 Å². The van der Waals surface area contributed by atoms with Gasteiger partial charge in [0, 0.05) is 22.3 Å². The third-order valence-corrected chi connectivity index (χ3v) is 6.81. The molecule has 0 unspecified atom stereocenters. The molecule has 3 rings (SSSR count). The van der Waals surface area contributed by atoms with Crippen LogP contribution in [-0.4, -0.2) is 46.2 Å². The highest BCUT2D eigenvalue weighted by Gasteiger charge is 2.65. The van der Waals surface area contributed by atoms with Crippen LogP contribution in [0, 0.1) is 11.8 Å². The fraction of sp³-hybridized carbons (Fsp3) is 0.875. The van der Waals surface area contributed by atoms with E-state index in [9.17, 15) is 9.59 Å². The molecule has 0 aromatic carbocycles. The van der Waals surface area contributed by atoms with Crippen LogP contribution in [-0.2, 0) is 14.3 Å². The van der Waals surface area contributed by atoms with E-state index in [1.165, 1.54) is 7.11 Å². The van der Waals surface area contributed by atoms with E-state index < -0.39 is 0 Å². The van der Waals surface area contributed by atoms with Crippen molar-refractivity contribution < 1.29 is 19.1 Å². The van der Waals surface area contributed by atoms with E-state index in [0.29, 0.717) is 6.42 Å². The van der Waals surface area contributed by atoms with E-state index in [1.54, 1.807) is 0 Å². The molecule has 22 heavy (non-hydrogen) atoms. The molecule has 3 heterocycles. The van der Waals surface area contributed by atoms with Gasteiger partial charge in [-0.05, 0) is 19.3 Å². The average Bonchev–Trinajstić information content (AvgIpc) is 3.04. The van der Waals surface area contributed by atoms with Crippen molar-refractivity contribution in [1.29, 1.82) is 0 Å². The summed E-state index contributed by atoms with van der Waals surface area (Å²) < 4.78 is 11.7. The molecule has 3 aliphatic rings. The van der Waals surface area contributed by atoms with Gasteiger partial charge in [0.1, 0.15) is 6.10 Å². The van der Waals surface area contributed by atoms with Crippen LogP contribution >= 0.6 is 22.6 Å². The second kappa shape index (κ2) is 6.17. The highest BCUT2D eigenvalue weighted by atomic mass is 127. The molecule has 5 atom stereocenters. The van der Waals surface area contributed by atoms with Crippen LogP contribution < -0.4 is 0 Å². The Hall–Kier alpha value is -0.530. The van der Waals surface area contributed by atoms with Crippen LogP contribution in [0.3, 0.4) is 0 Å². The Morgan fingerprint density at radius 3 is 2.95 bits per heavy atom. The fourth-order valence-corrected chi connectivity index (χ4v) is 6.27. The lowest BCUT2D eigenvalue weighted by Crippen LogP contribution is -2.65. The molecule has 3 aliphatic heterocycles. The lowest BCUT2D eigenvalue weighted by molar-refractivity contribution is -0.148. The van der Waals surface area contributed by atoms with Gasteiger partial charge >= 0.3 is 12.1 Å². The maximum atomic E-state index is 12.5. The molecule has 6 heteroatoms. The summed E-state index contributed by atoms with van der Waals surface area (Å²) in [6.07, 6.45) is 5.32. The Morgan fingerprint density at radius 1 is 1.55 bits per heavy atom. The Balaban J connectivity index is 2.01. The number of ether oxygens (including phenoxy) is 2. The summed E-state index contributed by atoms with van der Waals surface area (Å²) in [5, 5.41) is 0. The number of carbonyl (C=O) groups excluding carboxylic acids is 2. The summed E-state index contributed by atoms with van der Waals surface area (Å²) in [7, 11) is 1.46. The quantitative estimate of drug-likeness (QED) is 0.398. The van der Waals surface area contributed by atoms with Crippen molar-refractivity contribution in [3.8, 4) is 0 Å². The number of esters is 1. The molecule has 1 amide bonds. The Morgan fingerprint density at radius 2 is 2.32 bits per heavy atom. The van der Waals surface area contributed by atoms with Gasteiger partial charge in [0.05, 0.1) is 19.1 Å². The first-order chi connectivity index (χ1) is 10.6. The first-order valence-corrected chi connectivity index (χ1v) is 9.74. The van der Waals surface area contributed by atoms with Crippen molar-refractivity contribution in [1.82, 2.24) is 4.90 Å². The van der Waals surface area contributed by atoms with Gasteiger partial charge in [-0.3, -0.25) is 9.69 Å². The van der Waals surface area contributed by atoms with Gasteiger partial charge in [0.25, 0.3) is 0 Å². The highest BCUT2D eigenvalue weighted by Crippen LogP contribution is 2.56. The number of rotatable bonds is 4. The molecule has 0 radical (unpaired) electrons. The number of hydrogen-bond donors (Lipinski definition) is 0. The van der Waals surface area contributed by atoms with Crippen LogP contribution in [0.25, 0.3) is 0 Å². The molecule has 0 saturated carbocycles. The Labute approximate surface area is 145 Å². The molecule has 5 nitrogen and oxygen atoms in total. The van der Waals surface area contributed by atoms with Gasteiger partial charge in [-0.1, -0.05) is 42.4 Å². The largest absolute Gasteiger partial charge is 0.462 e. The smallest absolute Gasteiger partial charge is 0.410 e. The number of alkyl halides is 1. The predicted octanol–water partition coefficient (Wildman–Crippen LogP) is 3.14. The van der Waals surface area contributed by atoms with E-state index in [2.05, 4.69) is 29.5 Å². The first kappa shape index (κ1) is 16.3. The van der Waals surface area contributed by atoms with Crippen molar-refractivity contribution >= 4 is 34.7 Å². The van der Waals surface area contributed by atoms with E-state index in [1.807, 2.05) is 4.90 Å². The van der Waals surface area contributed by atoms with Gasteiger partial charge in [0.15, 0.2) is 0 Å². The normalized spacial score (nSPS) is 39.6. The number of halogens is 1. The topological polar surface area (TPSA) is 55.8 Å². The van der Waals surface area contributed by atoms with Crippen LogP contribution in [0.15, 0.2) is 0 Å². The van der Waals surface area contributed by atoms with Crippen molar-refractivity contribution in [2.75, 3.05) is 11.5 Å². The van der Waals surface area contributed by atoms with Crippen LogP contribution in [0.2, 0.25) is 0 Å². The molecule has 0 aliphatic carbocycles. The number of hydrogen-bond acceptors (Lipinski definition) is 4. The summed E-state index contributed by atoms with van der Waals surface area (Å²) in [6, 6.07) is 0.0972. The molecule has 0 spiro atoms. The third-order valence-electron chi connectivity index (χ3n) is 5.86. The number of amides is 1. The molecule has 3 fully saturated rings. The Kier molecular flexibility index (Phi) is 4.58. The fourth-order valence-electron chi connectivity index (χ4n) is 4.95. The summed E-state index contributed by atoms with van der Waals surface area (Å²) >= 11 is 2.38. The maximum Gasteiger partial charge on any atom is 0.410 e. The van der Waals surface area contributed by atoms with E-state index >= 15 is 0 Å². The molecule has 0 aromatic heterocycles. The first-order valence-electron chi connectivity index (χ1n) is 8.21. The van der Waals surface area contributed by atoms with E-state index in [0.717, 1.165) is 36.5 Å². The predicted molar refractivity (Wildman–Crippen MR) is 89.9 cm³/mol. The third kappa shape index (κ3) is 2.24. The molecule has 124 valence electrons. The zero-order valence-electron chi connectivity index (χ0n) is 13.2. The van der Waals surface area contributed by atoms with Gasteiger partial charge in [0.2, 0.25) is 0 Å². The monoisotopic (exact) mass is 421 g/mol. The van der Waals surface area contributed by atoms with Gasteiger partial charge in [-0.2, -0.15) is 0 Å². The van der Waals surface area contributed by atoms with Crippen molar-refractivity contribution in [3.05, 3.63) is 0 Å². The minimum atomic E-state index is -0.230. The molecule has 2 bridgehead atoms. The number of nitrogens with zero attached hydrogens (tertiary/aromatic N) is 1. The summed E-state index contributed by atoms with van der Waals surface area (Å²) in [5.41, 5.74) is -0.194. The lowest BCUT2D eigenvalue weighted by Gasteiger charge is -2.52. The molecular weight excluding hydrogens is 397 g/mol. The lowest BCUT2D eigenvalue weighted by atomic mass is 9.71. The number of unbranched alkanes of at least 4 members (excludes halogenated alkanes) is 1. The van der Waals surface area contributed by atoms with Crippen molar-refractivity contribution in [2.45, 2.75) is 63.1 Å². The SMILES string of the molecule is CCCC[C@@]12CC[C@@H]([C@H]3CC(=O)O[C@H]3[C@@H]1CI)N2C(=O)OC. The molecule has 0 N–H and O–H groups in total. The van der Waals surface area contributed by atoms with Crippen LogP contribution in [0.4, 0.5) is 4.79 Å². The average molecular weight is 421 g/mol. The zero-order valence-corrected chi connectivity index (χ0v) is 15.4. The second-order valence-electron chi connectivity index (χ2n) is 6.74. The minimum Gasteiger partial charge on any atom is -0.462 e. The van der Waals surface area contributed by atoms with Gasteiger partial charge < -0.3 is 9.47 Å². The molecule has 3 saturated heterocycles. The maximum absolute atomic E-state index is 12.5. The Bertz CT molecular complexity index is 471. The second-order valence-corrected chi connectivity index (χ2v) is 7.62. The van der Waals surface area contributed by atoms with Crippen molar-refractivity contribution in [3.63, 3.8) is 0 Å². The number of carbonyl (C=O) groups is 2. The minimum absolute atomic E-state index is 0.0188. The molecule has 0 aromatic rings. The summed E-state index contributed by atoms with van der Waals surface area (Å²) in [5.74, 6) is 0.255.